The van der Waals surface area contributed by atoms with Crippen molar-refractivity contribution in [3.8, 4) is 0 Å². The van der Waals surface area contributed by atoms with E-state index in [0.29, 0.717) is 31.4 Å². The third kappa shape index (κ3) is 2.05. The summed E-state index contributed by atoms with van der Waals surface area (Å²) in [6.07, 6.45) is 0.898. The van der Waals surface area contributed by atoms with Crippen LogP contribution in [0.15, 0.2) is 11.3 Å². The summed E-state index contributed by atoms with van der Waals surface area (Å²) in [4.78, 5) is 11.0. The fourth-order valence-corrected chi connectivity index (χ4v) is 1.70. The van der Waals surface area contributed by atoms with E-state index in [9.17, 15) is 15.1 Å². The van der Waals surface area contributed by atoms with Crippen molar-refractivity contribution in [2.24, 2.45) is 5.73 Å². The van der Waals surface area contributed by atoms with Crippen LogP contribution < -0.4 is 5.73 Å². The average molecular weight is 200 g/mol. The zero-order valence-electron chi connectivity index (χ0n) is 8.23. The van der Waals surface area contributed by atoms with Gasteiger partial charge in [-0.2, -0.15) is 0 Å². The summed E-state index contributed by atoms with van der Waals surface area (Å²) < 4.78 is 0. The van der Waals surface area contributed by atoms with Crippen molar-refractivity contribution in [2.75, 3.05) is 6.54 Å². The van der Waals surface area contributed by atoms with Crippen molar-refractivity contribution >= 4 is 5.91 Å². The first-order chi connectivity index (χ1) is 6.57. The number of hydroxylamine groups is 2. The average Bonchev–Trinajstić information content (AvgIpc) is 2.10. The molecule has 0 spiro atoms. The Hall–Kier alpha value is -1.07. The van der Waals surface area contributed by atoms with E-state index in [1.165, 1.54) is 0 Å². The summed E-state index contributed by atoms with van der Waals surface area (Å²) in [6.45, 7) is 2.20. The molecule has 1 rings (SSSR count). The van der Waals surface area contributed by atoms with E-state index in [1.807, 2.05) is 0 Å². The van der Waals surface area contributed by atoms with Crippen LogP contribution in [0.25, 0.3) is 0 Å². The van der Waals surface area contributed by atoms with Gasteiger partial charge in [0.25, 0.3) is 0 Å². The molecule has 5 heteroatoms. The molecule has 1 heterocycles. The maximum Gasteiger partial charge on any atom is 0.246 e. The Morgan fingerprint density at radius 3 is 2.79 bits per heavy atom. The topological polar surface area (TPSA) is 86.8 Å². The predicted octanol–water partition coefficient (Wildman–Crippen LogP) is -0.0183. The summed E-state index contributed by atoms with van der Waals surface area (Å²) in [7, 11) is 0. The van der Waals surface area contributed by atoms with Crippen LogP contribution in [-0.2, 0) is 4.79 Å². The number of carbonyl (C=O) groups is 1. The van der Waals surface area contributed by atoms with Crippen LogP contribution in [0.1, 0.15) is 26.2 Å². The van der Waals surface area contributed by atoms with Gasteiger partial charge in [0.1, 0.15) is 0 Å². The second kappa shape index (κ2) is 4.43. The zero-order chi connectivity index (χ0) is 10.7. The molecule has 1 saturated heterocycles. The predicted molar refractivity (Wildman–Crippen MR) is 50.2 cm³/mol. The number of rotatable bonds is 2. The first-order valence-electron chi connectivity index (χ1n) is 4.75. The standard InChI is InChI=1S/C9H16N2O3/c1-2-6(9(10)13)8-7(12)4-3-5-11(8)14/h7,12,14H,2-5H2,1H3,(H2,10,13)/b8-6-. The second-order valence-electron chi connectivity index (χ2n) is 3.36. The molecule has 0 aromatic carbocycles. The van der Waals surface area contributed by atoms with Gasteiger partial charge in [0.15, 0.2) is 0 Å². The number of aliphatic hydroxyl groups excluding tert-OH is 1. The maximum atomic E-state index is 11.0. The number of nitrogens with two attached hydrogens (primary N) is 1. The first-order valence-corrected chi connectivity index (χ1v) is 4.75. The molecular weight excluding hydrogens is 184 g/mol. The van der Waals surface area contributed by atoms with Crippen LogP contribution in [0.4, 0.5) is 0 Å². The number of amides is 1. The molecule has 0 radical (unpaired) electrons. The highest BCUT2D eigenvalue weighted by atomic mass is 16.5. The highest BCUT2D eigenvalue weighted by Gasteiger charge is 2.26. The van der Waals surface area contributed by atoms with Crippen molar-refractivity contribution in [1.29, 1.82) is 0 Å². The molecular formula is C9H16N2O3. The van der Waals surface area contributed by atoms with Crippen molar-refractivity contribution in [1.82, 2.24) is 5.06 Å². The summed E-state index contributed by atoms with van der Waals surface area (Å²) in [5.41, 5.74) is 5.73. The molecule has 1 unspecified atom stereocenters. The molecule has 80 valence electrons. The van der Waals surface area contributed by atoms with Crippen molar-refractivity contribution < 1.29 is 15.1 Å². The van der Waals surface area contributed by atoms with E-state index in [4.69, 9.17) is 5.73 Å². The molecule has 1 amide bonds. The number of nitrogens with zero attached hydrogens (tertiary/aromatic N) is 1. The Balaban J connectivity index is 3.04. The van der Waals surface area contributed by atoms with Gasteiger partial charge in [0.05, 0.1) is 11.8 Å². The van der Waals surface area contributed by atoms with E-state index in [0.717, 1.165) is 5.06 Å². The summed E-state index contributed by atoms with van der Waals surface area (Å²) in [5, 5.41) is 20.0. The minimum absolute atomic E-state index is 0.270. The Kier molecular flexibility index (Phi) is 3.49. The Bertz CT molecular complexity index is 251. The molecule has 1 aliphatic heterocycles. The van der Waals surface area contributed by atoms with Crippen molar-refractivity contribution in [3.63, 3.8) is 0 Å². The Labute approximate surface area is 82.8 Å². The Morgan fingerprint density at radius 2 is 2.36 bits per heavy atom. The fourth-order valence-electron chi connectivity index (χ4n) is 1.70. The molecule has 1 atom stereocenters. The van der Waals surface area contributed by atoms with Crippen LogP contribution in [-0.4, -0.2) is 33.9 Å². The minimum atomic E-state index is -0.781. The van der Waals surface area contributed by atoms with E-state index in [1.54, 1.807) is 6.92 Å². The number of primary amides is 1. The van der Waals surface area contributed by atoms with Crippen LogP contribution in [0.5, 0.6) is 0 Å². The third-order valence-corrected chi connectivity index (χ3v) is 2.40. The number of piperidine rings is 1. The van der Waals surface area contributed by atoms with Gasteiger partial charge in [-0.1, -0.05) is 6.92 Å². The molecule has 0 aliphatic carbocycles. The Morgan fingerprint density at radius 1 is 1.71 bits per heavy atom. The van der Waals surface area contributed by atoms with E-state index in [2.05, 4.69) is 0 Å². The highest BCUT2D eigenvalue weighted by Crippen LogP contribution is 2.23. The maximum absolute atomic E-state index is 11.0. The van der Waals surface area contributed by atoms with Gasteiger partial charge >= 0.3 is 0 Å². The SMILES string of the molecule is CC/C(C(N)=O)=C1\C(O)CCCN1O. The first kappa shape index (κ1) is 11.0. The van der Waals surface area contributed by atoms with E-state index < -0.39 is 12.0 Å². The van der Waals surface area contributed by atoms with Crippen LogP contribution in [0.3, 0.4) is 0 Å². The molecule has 5 nitrogen and oxygen atoms in total. The van der Waals surface area contributed by atoms with Gasteiger partial charge in [-0.3, -0.25) is 15.1 Å². The van der Waals surface area contributed by atoms with Crippen LogP contribution in [0.2, 0.25) is 0 Å². The monoisotopic (exact) mass is 200 g/mol. The van der Waals surface area contributed by atoms with Crippen LogP contribution >= 0.6 is 0 Å². The largest absolute Gasteiger partial charge is 0.387 e. The molecule has 4 N–H and O–H groups in total. The highest BCUT2D eigenvalue weighted by molar-refractivity contribution is 5.92. The van der Waals surface area contributed by atoms with Crippen LogP contribution in [0, 0.1) is 0 Å². The lowest BCUT2D eigenvalue weighted by Gasteiger charge is -2.31. The molecule has 0 aromatic heterocycles. The molecule has 0 bridgehead atoms. The number of hydrogen-bond donors (Lipinski definition) is 3. The van der Waals surface area contributed by atoms with Gasteiger partial charge in [0.2, 0.25) is 5.91 Å². The summed E-state index contributed by atoms with van der Waals surface area (Å²) in [5.74, 6) is -0.581. The van der Waals surface area contributed by atoms with Gasteiger partial charge in [-0.05, 0) is 19.3 Å². The lowest BCUT2D eigenvalue weighted by molar-refractivity contribution is -0.117. The van der Waals surface area contributed by atoms with Gasteiger partial charge in [0, 0.05) is 12.1 Å². The minimum Gasteiger partial charge on any atom is -0.387 e. The van der Waals surface area contributed by atoms with Gasteiger partial charge in [-0.25, -0.2) is 0 Å². The lowest BCUT2D eigenvalue weighted by atomic mass is 9.99. The smallest absolute Gasteiger partial charge is 0.246 e. The van der Waals surface area contributed by atoms with Crippen molar-refractivity contribution in [2.45, 2.75) is 32.3 Å². The molecule has 1 aliphatic rings. The van der Waals surface area contributed by atoms with E-state index in [-0.39, 0.29) is 5.70 Å². The van der Waals surface area contributed by atoms with Gasteiger partial charge in [-0.15, -0.1) is 0 Å². The zero-order valence-corrected chi connectivity index (χ0v) is 8.23. The molecule has 0 saturated carbocycles. The summed E-state index contributed by atoms with van der Waals surface area (Å²) in [6, 6.07) is 0. The normalized spacial score (nSPS) is 26.2. The summed E-state index contributed by atoms with van der Waals surface area (Å²) >= 11 is 0. The molecule has 1 fully saturated rings. The quantitative estimate of drug-likeness (QED) is 0.547. The number of carbonyl (C=O) groups excluding carboxylic acids is 1. The third-order valence-electron chi connectivity index (χ3n) is 2.40. The lowest BCUT2D eigenvalue weighted by Crippen LogP contribution is -2.36. The van der Waals surface area contributed by atoms with Crippen molar-refractivity contribution in [3.05, 3.63) is 11.3 Å². The second-order valence-corrected chi connectivity index (χ2v) is 3.36. The van der Waals surface area contributed by atoms with Gasteiger partial charge < -0.3 is 10.8 Å². The molecule has 0 aromatic rings. The fraction of sp³-hybridized carbons (Fsp3) is 0.667. The van der Waals surface area contributed by atoms with E-state index >= 15 is 0 Å². The number of hydrogen-bond acceptors (Lipinski definition) is 4. The molecule has 14 heavy (non-hydrogen) atoms. The number of aliphatic hydroxyl groups is 1.